The average molecular weight is 279 g/mol. The number of hydrogen-bond donors (Lipinski definition) is 1. The van der Waals surface area contributed by atoms with Crippen molar-refractivity contribution in [2.45, 2.75) is 12.1 Å². The molecule has 0 radical (unpaired) electrons. The first kappa shape index (κ1) is 13.6. The third-order valence-corrected chi connectivity index (χ3v) is 3.89. The lowest BCUT2D eigenvalue weighted by Gasteiger charge is -2.34. The average Bonchev–Trinajstić information content (AvgIpc) is 2.71. The van der Waals surface area contributed by atoms with Gasteiger partial charge in [0.05, 0.1) is 0 Å². The van der Waals surface area contributed by atoms with Crippen LogP contribution in [0.1, 0.15) is 21.5 Å². The van der Waals surface area contributed by atoms with Gasteiger partial charge in [-0.25, -0.2) is 0 Å². The van der Waals surface area contributed by atoms with E-state index < -0.39 is 5.72 Å². The predicted molar refractivity (Wildman–Crippen MR) is 81.7 cm³/mol. The molecule has 2 aromatic carbocycles. The molecular formula is C18H17NO2. The number of fused-ring (bicyclic) bond motifs is 1. The lowest BCUT2D eigenvalue weighted by atomic mass is 9.94. The van der Waals surface area contributed by atoms with Crippen molar-refractivity contribution in [2.75, 3.05) is 6.54 Å². The molecule has 1 atom stereocenters. The Kier molecular flexibility index (Phi) is 3.35. The van der Waals surface area contributed by atoms with E-state index in [9.17, 15) is 9.90 Å². The van der Waals surface area contributed by atoms with E-state index in [0.717, 1.165) is 5.56 Å². The van der Waals surface area contributed by atoms with Gasteiger partial charge in [-0.05, 0) is 11.6 Å². The molecule has 0 spiro atoms. The van der Waals surface area contributed by atoms with Gasteiger partial charge in [-0.15, -0.1) is 6.58 Å². The Morgan fingerprint density at radius 2 is 1.76 bits per heavy atom. The lowest BCUT2D eigenvalue weighted by molar-refractivity contribution is -0.0786. The third kappa shape index (κ3) is 2.16. The molecule has 1 aliphatic heterocycles. The summed E-state index contributed by atoms with van der Waals surface area (Å²) < 4.78 is 0. The molecule has 0 aromatic heterocycles. The summed E-state index contributed by atoms with van der Waals surface area (Å²) in [5.41, 5.74) is 0.903. The first-order valence-electron chi connectivity index (χ1n) is 6.95. The normalized spacial score (nSPS) is 20.4. The highest BCUT2D eigenvalue weighted by molar-refractivity contribution is 5.99. The first-order valence-corrected chi connectivity index (χ1v) is 6.95. The van der Waals surface area contributed by atoms with Crippen LogP contribution in [0.15, 0.2) is 67.3 Å². The zero-order chi connectivity index (χ0) is 14.9. The van der Waals surface area contributed by atoms with E-state index in [1.165, 1.54) is 4.90 Å². The standard InChI is InChI=1S/C18H17NO2/c1-2-12-19-17(20)15-10-6-7-11-16(15)18(19,21)13-14-8-4-3-5-9-14/h2-11,21H,1,12-13H2/t18-/m1/s1. The van der Waals surface area contributed by atoms with Crippen molar-refractivity contribution in [3.63, 3.8) is 0 Å². The van der Waals surface area contributed by atoms with Gasteiger partial charge in [0.2, 0.25) is 0 Å². The summed E-state index contributed by atoms with van der Waals surface area (Å²) in [6.07, 6.45) is 2.00. The number of rotatable bonds is 4. The molecule has 3 rings (SSSR count). The fourth-order valence-corrected chi connectivity index (χ4v) is 2.91. The number of aliphatic hydroxyl groups is 1. The number of hydrogen-bond acceptors (Lipinski definition) is 2. The van der Waals surface area contributed by atoms with Gasteiger partial charge in [0.15, 0.2) is 5.72 Å². The number of carbonyl (C=O) groups excluding carboxylic acids is 1. The van der Waals surface area contributed by atoms with E-state index in [2.05, 4.69) is 6.58 Å². The minimum absolute atomic E-state index is 0.149. The van der Waals surface area contributed by atoms with Crippen LogP contribution in [-0.4, -0.2) is 22.5 Å². The van der Waals surface area contributed by atoms with Gasteiger partial charge in [0.25, 0.3) is 5.91 Å². The second-order valence-electron chi connectivity index (χ2n) is 5.23. The van der Waals surface area contributed by atoms with Crippen LogP contribution in [0.5, 0.6) is 0 Å². The summed E-state index contributed by atoms with van der Waals surface area (Å²) in [5, 5.41) is 11.2. The SMILES string of the molecule is C=CCN1C(=O)c2ccccc2[C@]1(O)Cc1ccccc1. The number of benzene rings is 2. The summed E-state index contributed by atoms with van der Waals surface area (Å²) in [4.78, 5) is 14.0. The summed E-state index contributed by atoms with van der Waals surface area (Å²) in [6, 6.07) is 16.9. The molecule has 1 heterocycles. The Morgan fingerprint density at radius 1 is 1.10 bits per heavy atom. The van der Waals surface area contributed by atoms with Crippen LogP contribution in [-0.2, 0) is 12.1 Å². The van der Waals surface area contributed by atoms with Crippen LogP contribution in [0.3, 0.4) is 0 Å². The molecule has 2 aromatic rings. The largest absolute Gasteiger partial charge is 0.366 e. The Morgan fingerprint density at radius 3 is 2.48 bits per heavy atom. The van der Waals surface area contributed by atoms with E-state index in [0.29, 0.717) is 24.1 Å². The molecule has 0 saturated heterocycles. The van der Waals surface area contributed by atoms with Crippen molar-refractivity contribution in [3.8, 4) is 0 Å². The molecule has 3 nitrogen and oxygen atoms in total. The highest BCUT2D eigenvalue weighted by atomic mass is 16.3. The Hall–Kier alpha value is -2.39. The maximum atomic E-state index is 12.5. The van der Waals surface area contributed by atoms with Crippen molar-refractivity contribution in [3.05, 3.63) is 83.9 Å². The molecule has 3 heteroatoms. The lowest BCUT2D eigenvalue weighted by Crippen LogP contribution is -2.45. The van der Waals surface area contributed by atoms with Crippen LogP contribution < -0.4 is 0 Å². The summed E-state index contributed by atoms with van der Waals surface area (Å²) in [6.45, 7) is 4.01. The molecule has 0 saturated carbocycles. The van der Waals surface area contributed by atoms with Gasteiger partial charge in [0, 0.05) is 24.1 Å². The summed E-state index contributed by atoms with van der Waals surface area (Å²) >= 11 is 0. The summed E-state index contributed by atoms with van der Waals surface area (Å²) in [5.74, 6) is -0.149. The topological polar surface area (TPSA) is 40.5 Å². The molecule has 0 fully saturated rings. The minimum atomic E-state index is -1.32. The number of amides is 1. The van der Waals surface area contributed by atoms with Crippen molar-refractivity contribution in [2.24, 2.45) is 0 Å². The Balaban J connectivity index is 2.08. The second-order valence-corrected chi connectivity index (χ2v) is 5.23. The van der Waals surface area contributed by atoms with Crippen LogP contribution in [0.25, 0.3) is 0 Å². The maximum Gasteiger partial charge on any atom is 0.257 e. The third-order valence-electron chi connectivity index (χ3n) is 3.89. The number of nitrogens with zero attached hydrogens (tertiary/aromatic N) is 1. The van der Waals surface area contributed by atoms with E-state index in [-0.39, 0.29) is 5.91 Å². The van der Waals surface area contributed by atoms with Crippen LogP contribution in [0.2, 0.25) is 0 Å². The van der Waals surface area contributed by atoms with E-state index in [1.807, 2.05) is 48.5 Å². The highest BCUT2D eigenvalue weighted by Gasteiger charge is 2.47. The maximum absolute atomic E-state index is 12.5. The Bertz CT molecular complexity index is 681. The minimum Gasteiger partial charge on any atom is -0.366 e. The van der Waals surface area contributed by atoms with Gasteiger partial charge < -0.3 is 10.0 Å². The highest BCUT2D eigenvalue weighted by Crippen LogP contribution is 2.39. The van der Waals surface area contributed by atoms with Gasteiger partial charge >= 0.3 is 0 Å². The van der Waals surface area contributed by atoms with Crippen LogP contribution in [0.4, 0.5) is 0 Å². The molecule has 0 unspecified atom stereocenters. The van der Waals surface area contributed by atoms with Gasteiger partial charge in [-0.2, -0.15) is 0 Å². The fraction of sp³-hybridized carbons (Fsp3) is 0.167. The Labute approximate surface area is 124 Å². The molecule has 106 valence electrons. The summed E-state index contributed by atoms with van der Waals surface area (Å²) in [7, 11) is 0. The predicted octanol–water partition coefficient (Wildman–Crippen LogP) is 2.72. The van der Waals surface area contributed by atoms with Crippen molar-refractivity contribution >= 4 is 5.91 Å². The van der Waals surface area contributed by atoms with Gasteiger partial charge in [0.1, 0.15) is 0 Å². The monoisotopic (exact) mass is 279 g/mol. The van der Waals surface area contributed by atoms with Crippen molar-refractivity contribution in [1.29, 1.82) is 0 Å². The van der Waals surface area contributed by atoms with Crippen LogP contribution in [0, 0.1) is 0 Å². The molecule has 0 aliphatic carbocycles. The zero-order valence-corrected chi connectivity index (χ0v) is 11.7. The zero-order valence-electron chi connectivity index (χ0n) is 11.7. The second kappa shape index (κ2) is 5.19. The smallest absolute Gasteiger partial charge is 0.257 e. The molecule has 1 amide bonds. The molecular weight excluding hydrogens is 262 g/mol. The van der Waals surface area contributed by atoms with E-state index >= 15 is 0 Å². The first-order chi connectivity index (χ1) is 10.2. The molecule has 1 aliphatic rings. The molecule has 1 N–H and O–H groups in total. The molecule has 21 heavy (non-hydrogen) atoms. The van der Waals surface area contributed by atoms with Gasteiger partial charge in [-0.1, -0.05) is 54.6 Å². The quantitative estimate of drug-likeness (QED) is 0.874. The number of carbonyl (C=O) groups is 1. The van der Waals surface area contributed by atoms with E-state index in [4.69, 9.17) is 0 Å². The van der Waals surface area contributed by atoms with Crippen molar-refractivity contribution in [1.82, 2.24) is 4.90 Å². The molecule has 0 bridgehead atoms. The van der Waals surface area contributed by atoms with E-state index in [1.54, 1.807) is 12.1 Å². The van der Waals surface area contributed by atoms with Crippen molar-refractivity contribution < 1.29 is 9.90 Å². The fourth-order valence-electron chi connectivity index (χ4n) is 2.91. The van der Waals surface area contributed by atoms with Crippen LogP contribution >= 0.6 is 0 Å². The van der Waals surface area contributed by atoms with Gasteiger partial charge in [-0.3, -0.25) is 4.79 Å².